The number of hydrogen-bond acceptors (Lipinski definition) is 2. The highest BCUT2D eigenvalue weighted by molar-refractivity contribution is 7.80. The van der Waals surface area contributed by atoms with Gasteiger partial charge in [0.1, 0.15) is 0 Å². The molecule has 0 radical (unpaired) electrons. The minimum absolute atomic E-state index is 0.119. The first-order valence-electron chi connectivity index (χ1n) is 8.49. The van der Waals surface area contributed by atoms with Gasteiger partial charge in [0, 0.05) is 18.8 Å². The highest BCUT2D eigenvalue weighted by Gasteiger charge is 2.04. The molecule has 2 aromatic rings. The molecule has 0 heterocycles. The van der Waals surface area contributed by atoms with Crippen LogP contribution in [0.1, 0.15) is 37.5 Å². The Labute approximate surface area is 150 Å². The van der Waals surface area contributed by atoms with Crippen molar-refractivity contribution in [1.82, 2.24) is 5.32 Å². The Bertz CT molecular complexity index is 613. The number of benzene rings is 2. The molecule has 3 nitrogen and oxygen atoms in total. The van der Waals surface area contributed by atoms with Crippen molar-refractivity contribution >= 4 is 23.0 Å². The van der Waals surface area contributed by atoms with Crippen molar-refractivity contribution in [2.45, 2.75) is 32.8 Å². The lowest BCUT2D eigenvalue weighted by molar-refractivity contribution is 0.0646. The molecule has 128 valence electrons. The Kier molecular flexibility index (Phi) is 7.72. The standard InChI is InChI=1S/C20H26N2OS/c1-3-17-10-12-19(13-11-17)22-20(24)21-14-7-15-23-16(2)18-8-5-4-6-9-18/h4-6,8-13,16H,3,7,14-15H2,1-2H3,(H2,21,22,24)/t16-/m0/s1. The van der Waals surface area contributed by atoms with Gasteiger partial charge in [-0.25, -0.2) is 0 Å². The van der Waals surface area contributed by atoms with Crippen LogP contribution < -0.4 is 10.6 Å². The second-order valence-corrected chi connectivity index (χ2v) is 6.12. The van der Waals surface area contributed by atoms with Crippen LogP contribution in [0.15, 0.2) is 54.6 Å². The Morgan fingerprint density at radius 1 is 1.08 bits per heavy atom. The molecule has 2 rings (SSSR count). The second-order valence-electron chi connectivity index (χ2n) is 5.71. The van der Waals surface area contributed by atoms with Crippen LogP contribution in [0.2, 0.25) is 0 Å². The van der Waals surface area contributed by atoms with Gasteiger partial charge in [-0.1, -0.05) is 49.4 Å². The normalized spacial score (nSPS) is 11.8. The first-order valence-corrected chi connectivity index (χ1v) is 8.90. The molecule has 0 aliphatic rings. The number of rotatable bonds is 8. The fourth-order valence-electron chi connectivity index (χ4n) is 2.35. The summed E-state index contributed by atoms with van der Waals surface area (Å²) in [4.78, 5) is 0. The van der Waals surface area contributed by atoms with Crippen LogP contribution in [-0.4, -0.2) is 18.3 Å². The maximum Gasteiger partial charge on any atom is 0.170 e. The van der Waals surface area contributed by atoms with Crippen molar-refractivity contribution < 1.29 is 4.74 Å². The topological polar surface area (TPSA) is 33.3 Å². The summed E-state index contributed by atoms with van der Waals surface area (Å²) in [6.07, 6.45) is 2.08. The largest absolute Gasteiger partial charge is 0.374 e. The third-order valence-electron chi connectivity index (χ3n) is 3.86. The molecule has 0 bridgehead atoms. The molecule has 0 aliphatic heterocycles. The molecule has 0 unspecified atom stereocenters. The zero-order valence-corrected chi connectivity index (χ0v) is 15.2. The fourth-order valence-corrected chi connectivity index (χ4v) is 2.57. The van der Waals surface area contributed by atoms with Crippen LogP contribution in [0.3, 0.4) is 0 Å². The van der Waals surface area contributed by atoms with Gasteiger partial charge in [-0.05, 0) is 55.2 Å². The fraction of sp³-hybridized carbons (Fsp3) is 0.350. The van der Waals surface area contributed by atoms with E-state index in [-0.39, 0.29) is 6.10 Å². The van der Waals surface area contributed by atoms with Gasteiger partial charge in [0.05, 0.1) is 6.10 Å². The highest BCUT2D eigenvalue weighted by Crippen LogP contribution is 2.15. The van der Waals surface area contributed by atoms with E-state index in [4.69, 9.17) is 17.0 Å². The Hall–Kier alpha value is -1.91. The van der Waals surface area contributed by atoms with Crippen molar-refractivity contribution in [2.75, 3.05) is 18.5 Å². The van der Waals surface area contributed by atoms with E-state index in [1.165, 1.54) is 11.1 Å². The van der Waals surface area contributed by atoms with Crippen molar-refractivity contribution in [1.29, 1.82) is 0 Å². The number of ether oxygens (including phenoxy) is 1. The van der Waals surface area contributed by atoms with Gasteiger partial charge >= 0.3 is 0 Å². The first-order chi connectivity index (χ1) is 11.7. The molecule has 0 spiro atoms. The van der Waals surface area contributed by atoms with Gasteiger partial charge in [0.2, 0.25) is 0 Å². The number of nitrogens with one attached hydrogen (secondary N) is 2. The SMILES string of the molecule is CCc1ccc(NC(=S)NCCCO[C@@H](C)c2ccccc2)cc1. The third-order valence-corrected chi connectivity index (χ3v) is 4.11. The lowest BCUT2D eigenvalue weighted by Gasteiger charge is -2.14. The molecule has 2 aromatic carbocycles. The summed E-state index contributed by atoms with van der Waals surface area (Å²) in [6, 6.07) is 18.6. The van der Waals surface area contributed by atoms with Gasteiger partial charge in [0.15, 0.2) is 5.11 Å². The molecule has 0 saturated carbocycles. The molecule has 0 fully saturated rings. The Balaban J connectivity index is 1.60. The van der Waals surface area contributed by atoms with Crippen LogP contribution in [0.4, 0.5) is 5.69 Å². The molecule has 0 amide bonds. The van der Waals surface area contributed by atoms with Gasteiger partial charge in [0.25, 0.3) is 0 Å². The maximum absolute atomic E-state index is 5.85. The number of anilines is 1. The number of thiocarbonyl (C=S) groups is 1. The minimum atomic E-state index is 0.119. The van der Waals surface area contributed by atoms with Crippen molar-refractivity contribution in [3.8, 4) is 0 Å². The van der Waals surface area contributed by atoms with Crippen LogP contribution in [0.25, 0.3) is 0 Å². The predicted molar refractivity (Wildman–Crippen MR) is 105 cm³/mol. The molecule has 0 aliphatic carbocycles. The molecule has 24 heavy (non-hydrogen) atoms. The first kappa shape index (κ1) is 18.4. The molecule has 1 atom stereocenters. The van der Waals surface area contributed by atoms with E-state index >= 15 is 0 Å². The third kappa shape index (κ3) is 6.30. The van der Waals surface area contributed by atoms with E-state index in [1.807, 2.05) is 18.2 Å². The van der Waals surface area contributed by atoms with Gasteiger partial charge in [-0.2, -0.15) is 0 Å². The monoisotopic (exact) mass is 342 g/mol. The summed E-state index contributed by atoms with van der Waals surface area (Å²) >= 11 is 5.31. The molecule has 2 N–H and O–H groups in total. The van der Waals surface area contributed by atoms with E-state index < -0.39 is 0 Å². The smallest absolute Gasteiger partial charge is 0.170 e. The van der Waals surface area contributed by atoms with E-state index in [0.29, 0.717) is 11.7 Å². The minimum Gasteiger partial charge on any atom is -0.374 e. The van der Waals surface area contributed by atoms with Crippen LogP contribution in [-0.2, 0) is 11.2 Å². The molecular formula is C20H26N2OS. The van der Waals surface area contributed by atoms with Crippen LogP contribution in [0, 0.1) is 0 Å². The maximum atomic E-state index is 5.85. The van der Waals surface area contributed by atoms with Crippen LogP contribution in [0.5, 0.6) is 0 Å². The summed E-state index contributed by atoms with van der Waals surface area (Å²) in [5.41, 5.74) is 3.54. The number of hydrogen-bond donors (Lipinski definition) is 2. The second kappa shape index (κ2) is 10.1. The molecular weight excluding hydrogens is 316 g/mol. The van der Waals surface area contributed by atoms with E-state index in [1.54, 1.807) is 0 Å². The Morgan fingerprint density at radius 2 is 1.79 bits per heavy atom. The molecule has 0 aromatic heterocycles. The van der Waals surface area contributed by atoms with Gasteiger partial charge < -0.3 is 15.4 Å². The number of aryl methyl sites for hydroxylation is 1. The zero-order valence-electron chi connectivity index (χ0n) is 14.4. The lowest BCUT2D eigenvalue weighted by Crippen LogP contribution is -2.29. The summed E-state index contributed by atoms with van der Waals surface area (Å²) in [5, 5.41) is 7.06. The summed E-state index contributed by atoms with van der Waals surface area (Å²) in [5.74, 6) is 0. The van der Waals surface area contributed by atoms with Gasteiger partial charge in [-0.3, -0.25) is 0 Å². The van der Waals surface area contributed by atoms with E-state index in [2.05, 4.69) is 60.9 Å². The highest BCUT2D eigenvalue weighted by atomic mass is 32.1. The summed E-state index contributed by atoms with van der Waals surface area (Å²) in [6.45, 7) is 5.72. The average Bonchev–Trinajstić information content (AvgIpc) is 2.62. The molecule has 0 saturated heterocycles. The zero-order chi connectivity index (χ0) is 17.2. The van der Waals surface area contributed by atoms with Gasteiger partial charge in [-0.15, -0.1) is 0 Å². The quantitative estimate of drug-likeness (QED) is 0.538. The average molecular weight is 343 g/mol. The summed E-state index contributed by atoms with van der Waals surface area (Å²) in [7, 11) is 0. The van der Waals surface area contributed by atoms with E-state index in [9.17, 15) is 0 Å². The predicted octanol–water partition coefficient (Wildman–Crippen LogP) is 4.70. The lowest BCUT2D eigenvalue weighted by atomic mass is 10.1. The Morgan fingerprint density at radius 3 is 2.46 bits per heavy atom. The van der Waals surface area contributed by atoms with Crippen molar-refractivity contribution in [3.63, 3.8) is 0 Å². The molecule has 4 heteroatoms. The summed E-state index contributed by atoms with van der Waals surface area (Å²) < 4.78 is 5.85. The van der Waals surface area contributed by atoms with Crippen LogP contribution >= 0.6 is 12.2 Å². The van der Waals surface area contributed by atoms with E-state index in [0.717, 1.165) is 25.1 Å². The van der Waals surface area contributed by atoms with Crippen molar-refractivity contribution in [2.24, 2.45) is 0 Å². The van der Waals surface area contributed by atoms with Crippen molar-refractivity contribution in [3.05, 3.63) is 65.7 Å².